The van der Waals surface area contributed by atoms with Crippen molar-refractivity contribution in [1.82, 2.24) is 20.4 Å². The molecule has 0 fully saturated rings. The quantitative estimate of drug-likeness (QED) is 0.784. The van der Waals surface area contributed by atoms with Crippen LogP contribution >= 0.6 is 0 Å². The zero-order chi connectivity index (χ0) is 12.9. The Kier molecular flexibility index (Phi) is 4.69. The highest BCUT2D eigenvalue weighted by atomic mass is 16.1. The molecule has 0 saturated heterocycles. The first kappa shape index (κ1) is 13.7. The molecule has 0 aromatic carbocycles. The van der Waals surface area contributed by atoms with E-state index < -0.39 is 0 Å². The Balaban J connectivity index is 2.19. The second kappa shape index (κ2) is 5.82. The maximum atomic E-state index is 11.5. The summed E-state index contributed by atoms with van der Waals surface area (Å²) in [4.78, 5) is 11.5. The largest absolute Gasteiger partial charge is 0.355 e. The van der Waals surface area contributed by atoms with E-state index in [1.54, 1.807) is 6.20 Å². The Hall–Kier alpha value is -1.36. The fourth-order valence-corrected chi connectivity index (χ4v) is 1.38. The molecule has 1 aromatic heterocycles. The molecule has 0 aliphatic carbocycles. The average molecular weight is 238 g/mol. The number of carbonyl (C=O) groups excluding carboxylic acids is 1. The van der Waals surface area contributed by atoms with Crippen molar-refractivity contribution in [1.29, 1.82) is 0 Å². The first-order chi connectivity index (χ1) is 7.88. The van der Waals surface area contributed by atoms with Gasteiger partial charge in [0, 0.05) is 37.4 Å². The van der Waals surface area contributed by atoms with Crippen LogP contribution in [0.4, 0.5) is 0 Å². The van der Waals surface area contributed by atoms with Crippen molar-refractivity contribution < 1.29 is 4.79 Å². The van der Waals surface area contributed by atoms with Gasteiger partial charge in [0.2, 0.25) is 5.91 Å². The van der Waals surface area contributed by atoms with Crippen LogP contribution in [-0.4, -0.2) is 34.3 Å². The summed E-state index contributed by atoms with van der Waals surface area (Å²) in [5.74, 6) is 0.0297. The van der Waals surface area contributed by atoms with Gasteiger partial charge in [-0.05, 0) is 26.8 Å². The summed E-state index contributed by atoms with van der Waals surface area (Å²) < 4.78 is 1.82. The number of aryl methyl sites for hydroxylation is 1. The summed E-state index contributed by atoms with van der Waals surface area (Å²) in [7, 11) is 1.90. The predicted octanol–water partition coefficient (Wildman–Crippen LogP) is 0.467. The Morgan fingerprint density at radius 1 is 1.47 bits per heavy atom. The van der Waals surface area contributed by atoms with Gasteiger partial charge in [0.1, 0.15) is 0 Å². The highest BCUT2D eigenvalue weighted by molar-refractivity contribution is 5.78. The van der Waals surface area contributed by atoms with E-state index in [9.17, 15) is 4.79 Å². The molecule has 5 heteroatoms. The van der Waals surface area contributed by atoms with Crippen molar-refractivity contribution in [3.05, 3.63) is 18.0 Å². The summed E-state index contributed by atoms with van der Waals surface area (Å²) in [6, 6.07) is 1.96. The van der Waals surface area contributed by atoms with Gasteiger partial charge >= 0.3 is 0 Å². The summed E-state index contributed by atoms with van der Waals surface area (Å²) in [6.45, 7) is 7.11. The number of hydrogen-bond donors (Lipinski definition) is 2. The normalized spacial score (nSPS) is 11.5. The van der Waals surface area contributed by atoms with E-state index in [0.29, 0.717) is 13.1 Å². The zero-order valence-corrected chi connectivity index (χ0v) is 11.1. The van der Waals surface area contributed by atoms with Crippen molar-refractivity contribution >= 4 is 5.91 Å². The third-order valence-electron chi connectivity index (χ3n) is 2.41. The van der Waals surface area contributed by atoms with Crippen LogP contribution in [0.25, 0.3) is 0 Å². The molecule has 2 N–H and O–H groups in total. The summed E-state index contributed by atoms with van der Waals surface area (Å²) in [5, 5.41) is 10.1. The van der Waals surface area contributed by atoms with Crippen LogP contribution in [0, 0.1) is 0 Å². The number of nitrogens with zero attached hydrogens (tertiary/aromatic N) is 2. The van der Waals surface area contributed by atoms with Crippen LogP contribution in [0.3, 0.4) is 0 Å². The molecule has 1 amide bonds. The Morgan fingerprint density at radius 3 is 2.71 bits per heavy atom. The molecule has 1 heterocycles. The van der Waals surface area contributed by atoms with Crippen molar-refractivity contribution in [3.63, 3.8) is 0 Å². The van der Waals surface area contributed by atoms with Crippen LogP contribution in [-0.2, 0) is 18.3 Å². The molecule has 0 saturated carbocycles. The molecule has 17 heavy (non-hydrogen) atoms. The fourth-order valence-electron chi connectivity index (χ4n) is 1.38. The SMILES string of the molecule is Cn1nccc1CCNC(=O)CNC(C)(C)C. The van der Waals surface area contributed by atoms with Gasteiger partial charge in [-0.2, -0.15) is 5.10 Å². The molecule has 1 aromatic rings. The molecule has 1 rings (SSSR count). The topological polar surface area (TPSA) is 59.0 Å². The molecule has 0 unspecified atom stereocenters. The molecule has 5 nitrogen and oxygen atoms in total. The Bertz CT molecular complexity index is 365. The first-order valence-corrected chi connectivity index (χ1v) is 5.87. The predicted molar refractivity (Wildman–Crippen MR) is 67.7 cm³/mol. The summed E-state index contributed by atoms with van der Waals surface area (Å²) in [5.41, 5.74) is 1.09. The lowest BCUT2D eigenvalue weighted by Crippen LogP contribution is -2.43. The van der Waals surface area contributed by atoms with E-state index in [0.717, 1.165) is 12.1 Å². The molecular weight excluding hydrogens is 216 g/mol. The number of rotatable bonds is 5. The molecule has 0 bridgehead atoms. The Labute approximate surface area is 103 Å². The molecule has 0 atom stereocenters. The summed E-state index contributed by atoms with van der Waals surface area (Å²) in [6.07, 6.45) is 2.57. The van der Waals surface area contributed by atoms with E-state index in [1.807, 2.05) is 38.6 Å². The first-order valence-electron chi connectivity index (χ1n) is 5.87. The number of nitrogens with one attached hydrogen (secondary N) is 2. The highest BCUT2D eigenvalue weighted by Crippen LogP contribution is 1.97. The minimum atomic E-state index is -0.0284. The highest BCUT2D eigenvalue weighted by Gasteiger charge is 2.10. The minimum absolute atomic E-state index is 0.0284. The molecule has 0 spiro atoms. The lowest BCUT2D eigenvalue weighted by Gasteiger charge is -2.19. The van der Waals surface area contributed by atoms with Crippen LogP contribution in [0.15, 0.2) is 12.3 Å². The maximum Gasteiger partial charge on any atom is 0.233 e. The van der Waals surface area contributed by atoms with E-state index in [4.69, 9.17) is 0 Å². The van der Waals surface area contributed by atoms with E-state index in [-0.39, 0.29) is 11.4 Å². The average Bonchev–Trinajstić information content (AvgIpc) is 2.61. The Morgan fingerprint density at radius 2 is 2.18 bits per heavy atom. The smallest absolute Gasteiger partial charge is 0.233 e. The van der Waals surface area contributed by atoms with Gasteiger partial charge < -0.3 is 10.6 Å². The fraction of sp³-hybridized carbons (Fsp3) is 0.667. The second-order valence-corrected chi connectivity index (χ2v) is 5.15. The molecule has 96 valence electrons. The maximum absolute atomic E-state index is 11.5. The third kappa shape index (κ3) is 5.49. The van der Waals surface area contributed by atoms with Gasteiger partial charge in [-0.3, -0.25) is 9.48 Å². The van der Waals surface area contributed by atoms with Crippen LogP contribution < -0.4 is 10.6 Å². The lowest BCUT2D eigenvalue weighted by molar-refractivity contribution is -0.120. The van der Waals surface area contributed by atoms with E-state index in [2.05, 4.69) is 15.7 Å². The minimum Gasteiger partial charge on any atom is -0.355 e. The van der Waals surface area contributed by atoms with Crippen molar-refractivity contribution in [3.8, 4) is 0 Å². The number of aromatic nitrogens is 2. The van der Waals surface area contributed by atoms with Crippen LogP contribution in [0.1, 0.15) is 26.5 Å². The van der Waals surface area contributed by atoms with E-state index >= 15 is 0 Å². The summed E-state index contributed by atoms with van der Waals surface area (Å²) >= 11 is 0. The number of carbonyl (C=O) groups is 1. The van der Waals surface area contributed by atoms with Crippen LogP contribution in [0.2, 0.25) is 0 Å². The van der Waals surface area contributed by atoms with Crippen molar-refractivity contribution in [2.24, 2.45) is 7.05 Å². The molecule has 0 aliphatic heterocycles. The number of hydrogen-bond acceptors (Lipinski definition) is 3. The van der Waals surface area contributed by atoms with Gasteiger partial charge in [0.15, 0.2) is 0 Å². The molecule has 0 aliphatic rings. The van der Waals surface area contributed by atoms with E-state index in [1.165, 1.54) is 0 Å². The van der Waals surface area contributed by atoms with Crippen molar-refractivity contribution in [2.45, 2.75) is 32.7 Å². The standard InChI is InChI=1S/C12H22N4O/c1-12(2,3)14-9-11(17)13-7-5-10-6-8-15-16(10)4/h6,8,14H,5,7,9H2,1-4H3,(H,13,17). The van der Waals surface area contributed by atoms with Gasteiger partial charge in [0.05, 0.1) is 6.54 Å². The van der Waals surface area contributed by atoms with Gasteiger partial charge in [-0.1, -0.05) is 0 Å². The monoisotopic (exact) mass is 238 g/mol. The molecular formula is C12H22N4O. The van der Waals surface area contributed by atoms with Gasteiger partial charge in [-0.25, -0.2) is 0 Å². The van der Waals surface area contributed by atoms with Crippen LogP contribution in [0.5, 0.6) is 0 Å². The second-order valence-electron chi connectivity index (χ2n) is 5.15. The lowest BCUT2D eigenvalue weighted by atomic mass is 10.1. The van der Waals surface area contributed by atoms with Gasteiger partial charge in [-0.15, -0.1) is 0 Å². The van der Waals surface area contributed by atoms with Crippen molar-refractivity contribution in [2.75, 3.05) is 13.1 Å². The molecule has 0 radical (unpaired) electrons. The number of amides is 1. The zero-order valence-electron chi connectivity index (χ0n) is 11.1. The van der Waals surface area contributed by atoms with Gasteiger partial charge in [0.25, 0.3) is 0 Å². The third-order valence-corrected chi connectivity index (χ3v) is 2.41.